The van der Waals surface area contributed by atoms with E-state index in [1.165, 1.54) is 4.31 Å². The molecule has 1 aliphatic heterocycles. The third kappa shape index (κ3) is 4.09. The van der Waals surface area contributed by atoms with Crippen molar-refractivity contribution in [3.63, 3.8) is 0 Å². The lowest BCUT2D eigenvalue weighted by atomic mass is 10.2. The SMILES string of the molecule is Cc1ccc(-n2nnnc2CN2CCN(S(=O)(=O)c3cc(F)ccc3F)CC2)cc1. The molecule has 8 nitrogen and oxygen atoms in total. The van der Waals surface area contributed by atoms with Gasteiger partial charge in [-0.25, -0.2) is 17.2 Å². The number of aryl methyl sites for hydroxylation is 1. The van der Waals surface area contributed by atoms with Crippen LogP contribution in [0.1, 0.15) is 11.4 Å². The van der Waals surface area contributed by atoms with E-state index in [2.05, 4.69) is 15.5 Å². The van der Waals surface area contributed by atoms with Crippen molar-refractivity contribution in [3.8, 4) is 5.69 Å². The summed E-state index contributed by atoms with van der Waals surface area (Å²) in [6.45, 7) is 3.57. The van der Waals surface area contributed by atoms with E-state index in [1.54, 1.807) is 4.68 Å². The molecule has 158 valence electrons. The molecule has 1 aliphatic rings. The van der Waals surface area contributed by atoms with Crippen LogP contribution in [0, 0.1) is 18.6 Å². The molecule has 3 aromatic rings. The van der Waals surface area contributed by atoms with Crippen LogP contribution in [-0.2, 0) is 16.6 Å². The number of halogens is 2. The number of benzene rings is 2. The van der Waals surface area contributed by atoms with Crippen molar-refractivity contribution in [1.29, 1.82) is 0 Å². The van der Waals surface area contributed by atoms with Crippen LogP contribution in [0.4, 0.5) is 8.78 Å². The highest BCUT2D eigenvalue weighted by Gasteiger charge is 2.31. The molecule has 2 heterocycles. The fraction of sp³-hybridized carbons (Fsp3) is 0.316. The van der Waals surface area contributed by atoms with E-state index in [0.717, 1.165) is 23.4 Å². The molecule has 2 aromatic carbocycles. The van der Waals surface area contributed by atoms with Crippen LogP contribution in [0.3, 0.4) is 0 Å². The third-order valence-corrected chi connectivity index (χ3v) is 6.93. The van der Waals surface area contributed by atoms with E-state index in [0.29, 0.717) is 31.5 Å². The minimum atomic E-state index is -4.11. The average molecular weight is 434 g/mol. The average Bonchev–Trinajstić information content (AvgIpc) is 3.19. The highest BCUT2D eigenvalue weighted by Crippen LogP contribution is 2.22. The first-order valence-electron chi connectivity index (χ1n) is 9.36. The van der Waals surface area contributed by atoms with Crippen LogP contribution in [-0.4, -0.2) is 64.0 Å². The van der Waals surface area contributed by atoms with Crippen molar-refractivity contribution in [2.75, 3.05) is 26.2 Å². The van der Waals surface area contributed by atoms with Gasteiger partial charge in [-0.3, -0.25) is 4.90 Å². The number of rotatable bonds is 5. The summed E-state index contributed by atoms with van der Waals surface area (Å²) >= 11 is 0. The second-order valence-corrected chi connectivity index (χ2v) is 9.00. The topological polar surface area (TPSA) is 84.2 Å². The van der Waals surface area contributed by atoms with Crippen LogP contribution >= 0.6 is 0 Å². The Balaban J connectivity index is 1.44. The summed E-state index contributed by atoms with van der Waals surface area (Å²) in [4.78, 5) is 1.38. The van der Waals surface area contributed by atoms with Crippen LogP contribution in [0.15, 0.2) is 47.4 Å². The molecular weight excluding hydrogens is 414 g/mol. The van der Waals surface area contributed by atoms with Gasteiger partial charge >= 0.3 is 0 Å². The van der Waals surface area contributed by atoms with Crippen LogP contribution in [0.2, 0.25) is 0 Å². The van der Waals surface area contributed by atoms with E-state index in [-0.39, 0.29) is 13.1 Å². The lowest BCUT2D eigenvalue weighted by Crippen LogP contribution is -2.48. The first kappa shape index (κ1) is 20.5. The molecule has 4 rings (SSSR count). The minimum Gasteiger partial charge on any atom is -0.293 e. The van der Waals surface area contributed by atoms with Crippen molar-refractivity contribution >= 4 is 10.0 Å². The Morgan fingerprint density at radius 1 is 1.00 bits per heavy atom. The van der Waals surface area contributed by atoms with Gasteiger partial charge in [0.25, 0.3) is 0 Å². The molecule has 0 atom stereocenters. The quantitative estimate of drug-likeness (QED) is 0.609. The van der Waals surface area contributed by atoms with E-state index in [9.17, 15) is 17.2 Å². The number of hydrogen-bond acceptors (Lipinski definition) is 6. The van der Waals surface area contributed by atoms with E-state index in [4.69, 9.17) is 0 Å². The van der Waals surface area contributed by atoms with Gasteiger partial charge in [0, 0.05) is 26.2 Å². The maximum Gasteiger partial charge on any atom is 0.246 e. The van der Waals surface area contributed by atoms with E-state index >= 15 is 0 Å². The summed E-state index contributed by atoms with van der Waals surface area (Å²) in [5, 5.41) is 11.9. The standard InChI is InChI=1S/C19H20F2N6O2S/c1-14-2-5-16(6-3-14)27-19(22-23-24-27)13-25-8-10-26(11-9-25)30(28,29)18-12-15(20)4-7-17(18)21/h2-7,12H,8-11,13H2,1H3. The van der Waals surface area contributed by atoms with Gasteiger partial charge in [0.05, 0.1) is 12.2 Å². The summed E-state index contributed by atoms with van der Waals surface area (Å²) in [6, 6.07) is 10.2. The number of nitrogens with zero attached hydrogens (tertiary/aromatic N) is 6. The van der Waals surface area contributed by atoms with Crippen LogP contribution in [0.25, 0.3) is 5.69 Å². The first-order chi connectivity index (χ1) is 14.3. The molecule has 0 unspecified atom stereocenters. The molecule has 0 radical (unpaired) electrons. The highest BCUT2D eigenvalue weighted by molar-refractivity contribution is 7.89. The second kappa shape index (κ2) is 8.17. The van der Waals surface area contributed by atoms with Gasteiger partial charge < -0.3 is 0 Å². The van der Waals surface area contributed by atoms with Gasteiger partial charge in [0.15, 0.2) is 5.82 Å². The Morgan fingerprint density at radius 3 is 2.40 bits per heavy atom. The number of tetrazole rings is 1. The van der Waals surface area contributed by atoms with Gasteiger partial charge in [-0.1, -0.05) is 17.7 Å². The van der Waals surface area contributed by atoms with Gasteiger partial charge in [-0.15, -0.1) is 5.10 Å². The zero-order valence-corrected chi connectivity index (χ0v) is 17.1. The summed E-state index contributed by atoms with van der Waals surface area (Å²) in [5.74, 6) is -1.13. The molecule has 0 spiro atoms. The van der Waals surface area contributed by atoms with Crippen LogP contribution in [0.5, 0.6) is 0 Å². The zero-order valence-electron chi connectivity index (χ0n) is 16.2. The maximum atomic E-state index is 14.0. The molecule has 30 heavy (non-hydrogen) atoms. The predicted molar refractivity (Wildman–Crippen MR) is 104 cm³/mol. The molecule has 0 bridgehead atoms. The molecule has 0 saturated carbocycles. The van der Waals surface area contributed by atoms with Gasteiger partial charge in [-0.2, -0.15) is 8.99 Å². The number of aromatic nitrogens is 4. The summed E-state index contributed by atoms with van der Waals surface area (Å²) in [5.41, 5.74) is 1.96. The maximum absolute atomic E-state index is 14.0. The molecule has 1 saturated heterocycles. The lowest BCUT2D eigenvalue weighted by Gasteiger charge is -2.33. The largest absolute Gasteiger partial charge is 0.293 e. The molecule has 1 fully saturated rings. The highest BCUT2D eigenvalue weighted by atomic mass is 32.2. The zero-order chi connectivity index (χ0) is 21.3. The molecule has 1 aromatic heterocycles. The lowest BCUT2D eigenvalue weighted by molar-refractivity contribution is 0.176. The van der Waals surface area contributed by atoms with Gasteiger partial charge in [0.1, 0.15) is 16.5 Å². The Morgan fingerprint density at radius 2 is 1.70 bits per heavy atom. The summed E-state index contributed by atoms with van der Waals surface area (Å²) in [7, 11) is -4.11. The summed E-state index contributed by atoms with van der Waals surface area (Å²) in [6.07, 6.45) is 0. The van der Waals surface area contributed by atoms with Crippen molar-refractivity contribution in [2.24, 2.45) is 0 Å². The first-order valence-corrected chi connectivity index (χ1v) is 10.8. The van der Waals surface area contributed by atoms with Crippen molar-refractivity contribution in [1.82, 2.24) is 29.4 Å². The second-order valence-electron chi connectivity index (χ2n) is 7.10. The molecule has 0 aliphatic carbocycles. The molecular formula is C19H20F2N6O2S. The fourth-order valence-corrected chi connectivity index (χ4v) is 4.83. The minimum absolute atomic E-state index is 0.157. The van der Waals surface area contributed by atoms with Crippen LogP contribution < -0.4 is 0 Å². The number of sulfonamides is 1. The number of hydrogen-bond donors (Lipinski definition) is 0. The fourth-order valence-electron chi connectivity index (χ4n) is 3.33. The third-order valence-electron chi connectivity index (χ3n) is 5.02. The summed E-state index contributed by atoms with van der Waals surface area (Å²) < 4.78 is 55.7. The Hall–Kier alpha value is -2.76. The monoisotopic (exact) mass is 434 g/mol. The van der Waals surface area contributed by atoms with Gasteiger partial charge in [-0.05, 0) is 47.7 Å². The smallest absolute Gasteiger partial charge is 0.246 e. The molecule has 0 N–H and O–H groups in total. The van der Waals surface area contributed by atoms with Crippen molar-refractivity contribution in [3.05, 3.63) is 65.5 Å². The van der Waals surface area contributed by atoms with E-state index in [1.807, 2.05) is 36.1 Å². The molecule has 0 amide bonds. The molecule has 11 heteroatoms. The normalized spacial score (nSPS) is 16.1. The van der Waals surface area contributed by atoms with Crippen molar-refractivity contribution in [2.45, 2.75) is 18.4 Å². The van der Waals surface area contributed by atoms with E-state index < -0.39 is 26.6 Å². The predicted octanol–water partition coefficient (Wildman–Crippen LogP) is 1.76. The van der Waals surface area contributed by atoms with Crippen molar-refractivity contribution < 1.29 is 17.2 Å². The Bertz CT molecular complexity index is 1140. The number of piperazine rings is 1. The Kier molecular flexibility index (Phi) is 5.58. The van der Waals surface area contributed by atoms with Gasteiger partial charge in [0.2, 0.25) is 10.0 Å². The Labute approximate surface area is 172 Å².